The third-order valence-corrected chi connectivity index (χ3v) is 4.03. The van der Waals surface area contributed by atoms with Gasteiger partial charge in [0.1, 0.15) is 0 Å². The Balaban J connectivity index is 1.74. The molecule has 1 heterocycles. The molecule has 3 N–H and O–H groups in total. The molecule has 0 bridgehead atoms. The van der Waals surface area contributed by atoms with Gasteiger partial charge in [-0.2, -0.15) is 0 Å². The molecule has 1 aliphatic rings. The fraction of sp³-hybridized carbons (Fsp3) is 0.278. The Kier molecular flexibility index (Phi) is 4.51. The zero-order valence-corrected chi connectivity index (χ0v) is 12.6. The van der Waals surface area contributed by atoms with Gasteiger partial charge >= 0.3 is 0 Å². The van der Waals surface area contributed by atoms with Crippen molar-refractivity contribution >= 4 is 5.91 Å². The predicted molar refractivity (Wildman–Crippen MR) is 88.1 cm³/mol. The molecule has 0 spiro atoms. The molecular weight excluding hydrogens is 274 g/mol. The van der Waals surface area contributed by atoms with Crippen LogP contribution in [0.3, 0.4) is 0 Å². The van der Waals surface area contributed by atoms with E-state index in [0.717, 1.165) is 25.2 Å². The SMILES string of the molecule is NCc1ccccc1-c1ccc(CN2CCNC(=O)C2)cc1. The van der Waals surface area contributed by atoms with Gasteiger partial charge in [-0.15, -0.1) is 0 Å². The van der Waals surface area contributed by atoms with Crippen molar-refractivity contribution in [3.63, 3.8) is 0 Å². The van der Waals surface area contributed by atoms with Crippen LogP contribution in [0.2, 0.25) is 0 Å². The van der Waals surface area contributed by atoms with Crippen molar-refractivity contribution in [1.82, 2.24) is 10.2 Å². The number of nitrogens with one attached hydrogen (secondary N) is 1. The second-order valence-corrected chi connectivity index (χ2v) is 5.62. The summed E-state index contributed by atoms with van der Waals surface area (Å²) < 4.78 is 0. The lowest BCUT2D eigenvalue weighted by molar-refractivity contribution is -0.124. The summed E-state index contributed by atoms with van der Waals surface area (Å²) in [5.41, 5.74) is 10.6. The number of amides is 1. The average molecular weight is 295 g/mol. The Bertz CT molecular complexity index is 652. The fourth-order valence-electron chi connectivity index (χ4n) is 2.85. The third kappa shape index (κ3) is 3.35. The van der Waals surface area contributed by atoms with Gasteiger partial charge in [0.2, 0.25) is 5.91 Å². The molecule has 1 amide bonds. The molecule has 3 rings (SSSR count). The summed E-state index contributed by atoms with van der Waals surface area (Å²) in [4.78, 5) is 13.6. The van der Waals surface area contributed by atoms with E-state index in [1.54, 1.807) is 0 Å². The molecule has 0 aliphatic carbocycles. The second-order valence-electron chi connectivity index (χ2n) is 5.62. The molecule has 22 heavy (non-hydrogen) atoms. The van der Waals surface area contributed by atoms with Crippen LogP contribution >= 0.6 is 0 Å². The van der Waals surface area contributed by atoms with E-state index >= 15 is 0 Å². The number of carbonyl (C=O) groups excluding carboxylic acids is 1. The highest BCUT2D eigenvalue weighted by atomic mass is 16.2. The molecule has 0 atom stereocenters. The number of rotatable bonds is 4. The van der Waals surface area contributed by atoms with Crippen LogP contribution in [-0.2, 0) is 17.9 Å². The van der Waals surface area contributed by atoms with Crippen LogP contribution in [0, 0.1) is 0 Å². The number of hydrogen-bond donors (Lipinski definition) is 2. The van der Waals surface area contributed by atoms with Crippen molar-refractivity contribution < 1.29 is 4.79 Å². The highest BCUT2D eigenvalue weighted by Crippen LogP contribution is 2.24. The van der Waals surface area contributed by atoms with E-state index in [-0.39, 0.29) is 5.91 Å². The largest absolute Gasteiger partial charge is 0.354 e. The van der Waals surface area contributed by atoms with Crippen LogP contribution in [0.15, 0.2) is 48.5 Å². The van der Waals surface area contributed by atoms with E-state index < -0.39 is 0 Å². The first-order valence-corrected chi connectivity index (χ1v) is 7.62. The van der Waals surface area contributed by atoms with Gasteiger partial charge in [-0.25, -0.2) is 0 Å². The van der Waals surface area contributed by atoms with Crippen molar-refractivity contribution in [2.75, 3.05) is 19.6 Å². The van der Waals surface area contributed by atoms with E-state index in [0.29, 0.717) is 13.1 Å². The minimum atomic E-state index is 0.111. The first-order chi connectivity index (χ1) is 10.8. The number of nitrogens with two attached hydrogens (primary N) is 1. The first-order valence-electron chi connectivity index (χ1n) is 7.62. The maximum absolute atomic E-state index is 11.4. The normalized spacial score (nSPS) is 15.6. The summed E-state index contributed by atoms with van der Waals surface area (Å²) in [6, 6.07) is 16.8. The molecule has 1 fully saturated rings. The number of carbonyl (C=O) groups is 1. The maximum atomic E-state index is 11.4. The summed E-state index contributed by atoms with van der Waals surface area (Å²) in [6.07, 6.45) is 0. The van der Waals surface area contributed by atoms with Crippen molar-refractivity contribution in [2.45, 2.75) is 13.1 Å². The Morgan fingerprint density at radius 1 is 1.09 bits per heavy atom. The second kappa shape index (κ2) is 6.73. The lowest BCUT2D eigenvalue weighted by Gasteiger charge is -2.26. The van der Waals surface area contributed by atoms with E-state index in [1.165, 1.54) is 16.7 Å². The Morgan fingerprint density at radius 3 is 2.59 bits per heavy atom. The molecule has 1 saturated heterocycles. The zero-order chi connectivity index (χ0) is 15.4. The van der Waals surface area contributed by atoms with Gasteiger partial charge in [0.25, 0.3) is 0 Å². The number of nitrogens with zero attached hydrogens (tertiary/aromatic N) is 1. The van der Waals surface area contributed by atoms with Crippen molar-refractivity contribution in [2.24, 2.45) is 5.73 Å². The molecular formula is C18H21N3O. The zero-order valence-electron chi connectivity index (χ0n) is 12.6. The Morgan fingerprint density at radius 2 is 1.86 bits per heavy atom. The van der Waals surface area contributed by atoms with Crippen LogP contribution in [0.4, 0.5) is 0 Å². The van der Waals surface area contributed by atoms with Crippen molar-refractivity contribution in [3.8, 4) is 11.1 Å². The molecule has 0 aromatic heterocycles. The van der Waals surface area contributed by atoms with E-state index in [4.69, 9.17) is 5.73 Å². The van der Waals surface area contributed by atoms with Gasteiger partial charge in [-0.1, -0.05) is 48.5 Å². The highest BCUT2D eigenvalue weighted by Gasteiger charge is 2.15. The first kappa shape index (κ1) is 14.8. The number of hydrogen-bond acceptors (Lipinski definition) is 3. The minimum Gasteiger partial charge on any atom is -0.354 e. The molecule has 2 aromatic rings. The summed E-state index contributed by atoms with van der Waals surface area (Å²) in [6.45, 7) is 3.48. The monoisotopic (exact) mass is 295 g/mol. The van der Waals surface area contributed by atoms with Crippen LogP contribution in [0.5, 0.6) is 0 Å². The lowest BCUT2D eigenvalue weighted by Crippen LogP contribution is -2.47. The van der Waals surface area contributed by atoms with Crippen LogP contribution in [-0.4, -0.2) is 30.4 Å². The van der Waals surface area contributed by atoms with E-state index in [9.17, 15) is 4.79 Å². The van der Waals surface area contributed by atoms with Gasteiger partial charge in [0.05, 0.1) is 6.54 Å². The maximum Gasteiger partial charge on any atom is 0.234 e. The Hall–Kier alpha value is -2.17. The molecule has 1 aliphatic heterocycles. The van der Waals surface area contributed by atoms with Crippen LogP contribution in [0.1, 0.15) is 11.1 Å². The van der Waals surface area contributed by atoms with Gasteiger partial charge in [0.15, 0.2) is 0 Å². The lowest BCUT2D eigenvalue weighted by atomic mass is 9.98. The van der Waals surface area contributed by atoms with Crippen LogP contribution in [0.25, 0.3) is 11.1 Å². The van der Waals surface area contributed by atoms with Crippen LogP contribution < -0.4 is 11.1 Å². The molecule has 2 aromatic carbocycles. The van der Waals surface area contributed by atoms with E-state index in [2.05, 4.69) is 46.6 Å². The summed E-state index contributed by atoms with van der Waals surface area (Å²) >= 11 is 0. The molecule has 114 valence electrons. The molecule has 4 nitrogen and oxygen atoms in total. The average Bonchev–Trinajstić information content (AvgIpc) is 2.56. The molecule has 4 heteroatoms. The van der Waals surface area contributed by atoms with Crippen molar-refractivity contribution in [1.29, 1.82) is 0 Å². The number of benzene rings is 2. The number of piperazine rings is 1. The summed E-state index contributed by atoms with van der Waals surface area (Å²) in [5, 5.41) is 2.85. The summed E-state index contributed by atoms with van der Waals surface area (Å²) in [5.74, 6) is 0.111. The van der Waals surface area contributed by atoms with E-state index in [1.807, 2.05) is 12.1 Å². The standard InChI is InChI=1S/C18H21N3O/c19-11-16-3-1-2-4-17(16)15-7-5-14(6-8-15)12-21-10-9-20-18(22)13-21/h1-8H,9-13,19H2,(H,20,22). The summed E-state index contributed by atoms with van der Waals surface area (Å²) in [7, 11) is 0. The van der Waals surface area contributed by atoms with Gasteiger partial charge < -0.3 is 11.1 Å². The quantitative estimate of drug-likeness (QED) is 0.903. The fourth-order valence-corrected chi connectivity index (χ4v) is 2.85. The molecule has 0 radical (unpaired) electrons. The van der Waals surface area contributed by atoms with Crippen molar-refractivity contribution in [3.05, 3.63) is 59.7 Å². The minimum absolute atomic E-state index is 0.111. The van der Waals surface area contributed by atoms with Gasteiger partial charge in [0, 0.05) is 26.2 Å². The highest BCUT2D eigenvalue weighted by molar-refractivity contribution is 5.78. The predicted octanol–water partition coefficient (Wildman–Crippen LogP) is 1.74. The molecule has 0 unspecified atom stereocenters. The van der Waals surface area contributed by atoms with Gasteiger partial charge in [-0.3, -0.25) is 9.69 Å². The topological polar surface area (TPSA) is 58.4 Å². The third-order valence-electron chi connectivity index (χ3n) is 4.03. The Labute approximate surface area is 130 Å². The van der Waals surface area contributed by atoms with Gasteiger partial charge in [-0.05, 0) is 22.3 Å². The smallest absolute Gasteiger partial charge is 0.234 e. The molecule has 0 saturated carbocycles.